The Morgan fingerprint density at radius 1 is 1.33 bits per heavy atom. The second-order valence-electron chi connectivity index (χ2n) is 4.05. The van der Waals surface area contributed by atoms with E-state index < -0.39 is 6.42 Å². The van der Waals surface area contributed by atoms with Crippen LogP contribution in [0.5, 0.6) is 0 Å². The molecular weight excluding hydrogens is 225 g/mol. The third-order valence-corrected chi connectivity index (χ3v) is 6.20. The Balaban J connectivity index is 2.31. The average Bonchev–Trinajstić information content (AvgIpc) is 2.44. The van der Waals surface area contributed by atoms with Gasteiger partial charge in [-0.2, -0.15) is 0 Å². The Morgan fingerprint density at radius 2 is 1.93 bits per heavy atom. The Morgan fingerprint density at radius 3 is 2.40 bits per heavy atom. The standard InChI is InChI=1S/C11H16NOPS/c1-9-11(10-7-5-4-6-8-10)13-14(3,15)12(9)2/h4-9,11H,1-3H3/t9?,11-,14?/m1/s1. The van der Waals surface area contributed by atoms with Gasteiger partial charge in [-0.3, -0.25) is 4.67 Å². The zero-order valence-corrected chi connectivity index (χ0v) is 11.0. The number of hydrogen-bond acceptors (Lipinski definition) is 2. The van der Waals surface area contributed by atoms with E-state index in [1.165, 1.54) is 5.56 Å². The van der Waals surface area contributed by atoms with Gasteiger partial charge in [-0.15, -0.1) is 0 Å². The van der Waals surface area contributed by atoms with E-state index in [9.17, 15) is 0 Å². The summed E-state index contributed by atoms with van der Waals surface area (Å²) < 4.78 is 8.22. The molecule has 1 aromatic rings. The zero-order chi connectivity index (χ0) is 11.1. The van der Waals surface area contributed by atoms with E-state index >= 15 is 0 Å². The maximum Gasteiger partial charge on any atom is 0.129 e. The quantitative estimate of drug-likeness (QED) is 0.701. The molecule has 3 atom stereocenters. The van der Waals surface area contributed by atoms with Crippen LogP contribution in [0.4, 0.5) is 0 Å². The van der Waals surface area contributed by atoms with Gasteiger partial charge in [0.25, 0.3) is 0 Å². The van der Waals surface area contributed by atoms with E-state index in [1.807, 2.05) is 24.9 Å². The van der Waals surface area contributed by atoms with Crippen LogP contribution in [0.2, 0.25) is 0 Å². The molecule has 0 spiro atoms. The van der Waals surface area contributed by atoms with Crippen molar-refractivity contribution in [2.75, 3.05) is 13.7 Å². The first-order chi connectivity index (χ1) is 7.02. The van der Waals surface area contributed by atoms with Crippen molar-refractivity contribution in [3.8, 4) is 0 Å². The highest BCUT2D eigenvalue weighted by atomic mass is 32.4. The Kier molecular flexibility index (Phi) is 3.00. The van der Waals surface area contributed by atoms with Crippen LogP contribution in [-0.2, 0) is 16.3 Å². The van der Waals surface area contributed by atoms with Crippen LogP contribution in [0.15, 0.2) is 30.3 Å². The highest BCUT2D eigenvalue weighted by Gasteiger charge is 2.39. The average molecular weight is 241 g/mol. The molecular formula is C11H16NOPS. The van der Waals surface area contributed by atoms with E-state index in [-0.39, 0.29) is 6.10 Å². The van der Waals surface area contributed by atoms with Gasteiger partial charge in [0, 0.05) is 12.7 Å². The molecule has 0 radical (unpaired) electrons. The molecule has 0 N–H and O–H groups in total. The van der Waals surface area contributed by atoms with Crippen LogP contribution < -0.4 is 0 Å². The molecule has 0 amide bonds. The van der Waals surface area contributed by atoms with Gasteiger partial charge >= 0.3 is 0 Å². The number of nitrogens with zero attached hydrogens (tertiary/aromatic N) is 1. The van der Waals surface area contributed by atoms with Crippen LogP contribution in [0.25, 0.3) is 0 Å². The summed E-state index contributed by atoms with van der Waals surface area (Å²) in [5.74, 6) is 0. The minimum Gasteiger partial charge on any atom is -0.328 e. The molecule has 1 saturated heterocycles. The summed E-state index contributed by atoms with van der Waals surface area (Å²) in [6, 6.07) is 10.7. The van der Waals surface area contributed by atoms with E-state index in [0.29, 0.717) is 6.04 Å². The number of benzene rings is 1. The summed E-state index contributed by atoms with van der Waals surface area (Å²) in [5.41, 5.74) is 1.23. The first-order valence-electron chi connectivity index (χ1n) is 5.06. The SMILES string of the molecule is CC1[C@H](c2ccccc2)OP(C)(=S)N1C. The van der Waals surface area contributed by atoms with Crippen molar-refractivity contribution in [3.05, 3.63) is 35.9 Å². The Labute approximate surface area is 96.4 Å². The zero-order valence-electron chi connectivity index (χ0n) is 9.25. The molecule has 2 nitrogen and oxygen atoms in total. The van der Waals surface area contributed by atoms with E-state index in [0.717, 1.165) is 0 Å². The lowest BCUT2D eigenvalue weighted by atomic mass is 10.0. The molecule has 82 valence electrons. The number of hydrogen-bond donors (Lipinski definition) is 0. The normalized spacial score (nSPS) is 37.0. The maximum absolute atomic E-state index is 6.01. The van der Waals surface area contributed by atoms with Gasteiger partial charge < -0.3 is 4.52 Å². The summed E-state index contributed by atoms with van der Waals surface area (Å²) in [7, 11) is 2.06. The smallest absolute Gasteiger partial charge is 0.129 e. The molecule has 1 aliphatic heterocycles. The van der Waals surface area contributed by atoms with Crippen LogP contribution >= 0.6 is 6.42 Å². The van der Waals surface area contributed by atoms with Crippen molar-refractivity contribution in [2.24, 2.45) is 0 Å². The largest absolute Gasteiger partial charge is 0.328 e. The molecule has 0 saturated carbocycles. The topological polar surface area (TPSA) is 12.5 Å². The van der Waals surface area contributed by atoms with Gasteiger partial charge in [-0.1, -0.05) is 42.1 Å². The lowest BCUT2D eigenvalue weighted by Crippen LogP contribution is -2.22. The minimum absolute atomic E-state index is 0.132. The van der Waals surface area contributed by atoms with Crippen molar-refractivity contribution in [2.45, 2.75) is 19.1 Å². The van der Waals surface area contributed by atoms with Crippen molar-refractivity contribution >= 4 is 18.2 Å². The van der Waals surface area contributed by atoms with Gasteiger partial charge in [0.15, 0.2) is 0 Å². The van der Waals surface area contributed by atoms with Gasteiger partial charge in [0.05, 0.1) is 0 Å². The molecule has 2 rings (SSSR count). The molecule has 4 heteroatoms. The molecule has 2 unspecified atom stereocenters. The summed E-state index contributed by atoms with van der Waals surface area (Å²) in [6.45, 7) is 4.22. The third kappa shape index (κ3) is 2.02. The Hall–Kier alpha value is -0.210. The molecule has 15 heavy (non-hydrogen) atoms. The molecule has 1 fully saturated rings. The lowest BCUT2D eigenvalue weighted by molar-refractivity contribution is 0.217. The highest BCUT2D eigenvalue weighted by molar-refractivity contribution is 8.10. The van der Waals surface area contributed by atoms with Gasteiger partial charge in [0.1, 0.15) is 12.5 Å². The monoisotopic (exact) mass is 241 g/mol. The molecule has 1 heterocycles. The first kappa shape index (κ1) is 11.3. The fraction of sp³-hybridized carbons (Fsp3) is 0.455. The van der Waals surface area contributed by atoms with Crippen LogP contribution in [-0.4, -0.2) is 24.4 Å². The van der Waals surface area contributed by atoms with E-state index in [4.69, 9.17) is 16.3 Å². The third-order valence-electron chi connectivity index (χ3n) is 3.04. The predicted molar refractivity (Wildman–Crippen MR) is 67.7 cm³/mol. The van der Waals surface area contributed by atoms with Gasteiger partial charge in [-0.05, 0) is 19.5 Å². The summed E-state index contributed by atoms with van der Waals surface area (Å²) in [4.78, 5) is 0. The first-order valence-corrected chi connectivity index (χ1v) is 8.18. The molecule has 0 aliphatic carbocycles. The van der Waals surface area contributed by atoms with Gasteiger partial charge in [0.2, 0.25) is 0 Å². The molecule has 0 bridgehead atoms. The van der Waals surface area contributed by atoms with Crippen LogP contribution in [0, 0.1) is 0 Å². The predicted octanol–water partition coefficient (Wildman–Crippen LogP) is 3.02. The number of rotatable bonds is 1. The molecule has 1 aliphatic rings. The molecule has 0 aromatic heterocycles. The fourth-order valence-corrected chi connectivity index (χ4v) is 4.26. The minimum atomic E-state index is -1.75. The highest BCUT2D eigenvalue weighted by Crippen LogP contribution is 2.59. The Bertz CT molecular complexity index is 395. The maximum atomic E-state index is 6.01. The lowest BCUT2D eigenvalue weighted by Gasteiger charge is -2.20. The van der Waals surface area contributed by atoms with Crippen molar-refractivity contribution in [1.82, 2.24) is 4.67 Å². The summed E-state index contributed by atoms with van der Waals surface area (Å²) in [5, 5.41) is 0. The number of likely N-dealkylation sites (N-methyl/N-ethyl adjacent to an activating group) is 1. The van der Waals surface area contributed by atoms with E-state index in [2.05, 4.69) is 30.8 Å². The fourth-order valence-electron chi connectivity index (χ4n) is 1.88. The van der Waals surface area contributed by atoms with Crippen molar-refractivity contribution in [1.29, 1.82) is 0 Å². The second kappa shape index (κ2) is 3.99. The van der Waals surface area contributed by atoms with Crippen LogP contribution in [0.3, 0.4) is 0 Å². The van der Waals surface area contributed by atoms with Crippen molar-refractivity contribution in [3.63, 3.8) is 0 Å². The van der Waals surface area contributed by atoms with E-state index in [1.54, 1.807) is 0 Å². The van der Waals surface area contributed by atoms with Crippen molar-refractivity contribution < 1.29 is 4.52 Å². The molecule has 1 aromatic carbocycles. The summed E-state index contributed by atoms with van der Waals surface area (Å²) >= 11 is 5.50. The van der Waals surface area contributed by atoms with Crippen LogP contribution in [0.1, 0.15) is 18.6 Å². The van der Waals surface area contributed by atoms with Gasteiger partial charge in [-0.25, -0.2) is 0 Å². The second-order valence-corrected chi connectivity index (χ2v) is 8.53. The summed E-state index contributed by atoms with van der Waals surface area (Å²) in [6.07, 6.45) is -1.61.